The highest BCUT2D eigenvalue weighted by Crippen LogP contribution is 2.25. The largest absolute Gasteiger partial charge is 0.496 e. The first-order valence-corrected chi connectivity index (χ1v) is 7.11. The van der Waals surface area contributed by atoms with Crippen LogP contribution in [0.4, 0.5) is 0 Å². The first-order chi connectivity index (χ1) is 10.1. The molecule has 0 heterocycles. The minimum Gasteiger partial charge on any atom is -0.496 e. The summed E-state index contributed by atoms with van der Waals surface area (Å²) in [7, 11) is 7.88. The van der Waals surface area contributed by atoms with Crippen molar-refractivity contribution in [1.82, 2.24) is 0 Å². The molecule has 21 heavy (non-hydrogen) atoms. The average Bonchev–Trinajstić information content (AvgIpc) is 2.47. The van der Waals surface area contributed by atoms with Crippen molar-refractivity contribution in [3.05, 3.63) is 59.7 Å². The Balaban J connectivity index is 2.18. The number of para-hydroxylation sites is 2. The maximum absolute atomic E-state index is 5.45. The van der Waals surface area contributed by atoms with Crippen molar-refractivity contribution in [1.29, 1.82) is 0 Å². The Bertz CT molecular complexity index is 542. The van der Waals surface area contributed by atoms with Crippen LogP contribution in [-0.2, 0) is 13.1 Å². The van der Waals surface area contributed by atoms with E-state index in [0.29, 0.717) is 0 Å². The zero-order chi connectivity index (χ0) is 15.3. The fraction of sp³-hybridized carbons (Fsp3) is 0.333. The molecule has 112 valence electrons. The maximum Gasteiger partial charge on any atom is 0.127 e. The van der Waals surface area contributed by atoms with Crippen LogP contribution < -0.4 is 9.47 Å². The van der Waals surface area contributed by atoms with Crippen LogP contribution >= 0.6 is 0 Å². The molecule has 0 N–H and O–H groups in total. The second-order valence-corrected chi connectivity index (χ2v) is 5.88. The molecule has 0 saturated carbocycles. The number of nitrogens with zero attached hydrogens (tertiary/aromatic N) is 1. The molecular formula is C18H24NO2+. The molecule has 0 saturated heterocycles. The molecule has 0 amide bonds. The standard InChI is InChI=1S/C18H24NO2/c1-19(2,13-15-9-5-7-11-17(15)20-3)14-16-10-6-8-12-18(16)21-4/h5-12H,13-14H2,1-4H3/q+1. The third kappa shape index (κ3) is 3.99. The lowest BCUT2D eigenvalue weighted by Crippen LogP contribution is -2.38. The van der Waals surface area contributed by atoms with Crippen molar-refractivity contribution in [3.63, 3.8) is 0 Å². The predicted molar refractivity (Wildman–Crippen MR) is 85.5 cm³/mol. The predicted octanol–water partition coefficient (Wildman–Crippen LogP) is 3.48. The fourth-order valence-electron chi connectivity index (χ4n) is 2.65. The molecule has 0 bridgehead atoms. The molecule has 0 aliphatic heterocycles. The van der Waals surface area contributed by atoms with Gasteiger partial charge >= 0.3 is 0 Å². The van der Waals surface area contributed by atoms with E-state index < -0.39 is 0 Å². The molecule has 0 unspecified atom stereocenters. The molecular weight excluding hydrogens is 262 g/mol. The van der Waals surface area contributed by atoms with Crippen molar-refractivity contribution >= 4 is 0 Å². The lowest BCUT2D eigenvalue weighted by molar-refractivity contribution is -0.916. The lowest BCUT2D eigenvalue weighted by atomic mass is 10.1. The summed E-state index contributed by atoms with van der Waals surface area (Å²) in [5.41, 5.74) is 2.44. The van der Waals surface area contributed by atoms with E-state index in [1.54, 1.807) is 14.2 Å². The van der Waals surface area contributed by atoms with Crippen molar-refractivity contribution in [3.8, 4) is 11.5 Å². The van der Waals surface area contributed by atoms with Crippen LogP contribution in [0.25, 0.3) is 0 Å². The van der Waals surface area contributed by atoms with E-state index >= 15 is 0 Å². The summed E-state index contributed by atoms with van der Waals surface area (Å²) in [6, 6.07) is 16.4. The van der Waals surface area contributed by atoms with Gasteiger partial charge in [0.15, 0.2) is 0 Å². The molecule has 2 aromatic rings. The Morgan fingerprint density at radius 2 is 1.10 bits per heavy atom. The highest BCUT2D eigenvalue weighted by molar-refractivity contribution is 5.34. The van der Waals surface area contributed by atoms with Gasteiger partial charge in [-0.1, -0.05) is 24.3 Å². The number of benzene rings is 2. The molecule has 0 spiro atoms. The summed E-state index contributed by atoms with van der Waals surface area (Å²) in [4.78, 5) is 0. The second kappa shape index (κ2) is 6.64. The van der Waals surface area contributed by atoms with Crippen molar-refractivity contribution in [2.45, 2.75) is 13.1 Å². The summed E-state index contributed by atoms with van der Waals surface area (Å²) in [6.07, 6.45) is 0. The smallest absolute Gasteiger partial charge is 0.127 e. The molecule has 2 aromatic carbocycles. The van der Waals surface area contributed by atoms with Gasteiger partial charge in [-0.2, -0.15) is 0 Å². The lowest BCUT2D eigenvalue weighted by Gasteiger charge is -2.31. The zero-order valence-electron chi connectivity index (χ0n) is 13.3. The first-order valence-electron chi connectivity index (χ1n) is 7.11. The first kappa shape index (κ1) is 15.4. The maximum atomic E-state index is 5.45. The van der Waals surface area contributed by atoms with Crippen molar-refractivity contribution < 1.29 is 14.0 Å². The van der Waals surface area contributed by atoms with E-state index in [1.165, 1.54) is 11.1 Å². The molecule has 0 atom stereocenters. The molecule has 2 rings (SSSR count). The number of methoxy groups -OCH3 is 2. The van der Waals surface area contributed by atoms with Crippen molar-refractivity contribution in [2.75, 3.05) is 28.3 Å². The highest BCUT2D eigenvalue weighted by Gasteiger charge is 2.20. The van der Waals surface area contributed by atoms with Gasteiger partial charge in [-0.25, -0.2) is 0 Å². The van der Waals surface area contributed by atoms with Crippen LogP contribution in [0.3, 0.4) is 0 Å². The minimum atomic E-state index is 0.834. The Kier molecular flexibility index (Phi) is 4.86. The number of hydrogen-bond acceptors (Lipinski definition) is 2. The molecule has 0 aromatic heterocycles. The minimum absolute atomic E-state index is 0.834. The molecule has 0 fully saturated rings. The van der Waals surface area contributed by atoms with Crippen molar-refractivity contribution in [2.24, 2.45) is 0 Å². The van der Waals surface area contributed by atoms with Crippen LogP contribution in [0.15, 0.2) is 48.5 Å². The van der Waals surface area contributed by atoms with Gasteiger partial charge in [0, 0.05) is 11.1 Å². The summed E-state index contributed by atoms with van der Waals surface area (Å²) < 4.78 is 11.7. The van der Waals surface area contributed by atoms with Crippen LogP contribution in [0.2, 0.25) is 0 Å². The summed E-state index contributed by atoms with van der Waals surface area (Å²) in [5.74, 6) is 1.90. The average molecular weight is 286 g/mol. The van der Waals surface area contributed by atoms with Gasteiger partial charge in [0.25, 0.3) is 0 Å². The van der Waals surface area contributed by atoms with Crippen LogP contribution in [0, 0.1) is 0 Å². The number of quaternary nitrogens is 1. The molecule has 3 heteroatoms. The monoisotopic (exact) mass is 286 g/mol. The highest BCUT2D eigenvalue weighted by atomic mass is 16.5. The molecule has 0 radical (unpaired) electrons. The van der Waals surface area contributed by atoms with Gasteiger partial charge in [0.05, 0.1) is 28.3 Å². The van der Waals surface area contributed by atoms with Gasteiger partial charge in [-0.05, 0) is 24.3 Å². The van der Waals surface area contributed by atoms with E-state index in [-0.39, 0.29) is 0 Å². The van der Waals surface area contributed by atoms with Gasteiger partial charge in [-0.3, -0.25) is 0 Å². The van der Waals surface area contributed by atoms with E-state index in [2.05, 4.69) is 38.4 Å². The van der Waals surface area contributed by atoms with Crippen LogP contribution in [0.1, 0.15) is 11.1 Å². The molecule has 0 aliphatic rings. The van der Waals surface area contributed by atoms with E-state index in [0.717, 1.165) is 29.1 Å². The Morgan fingerprint density at radius 1 is 0.714 bits per heavy atom. The van der Waals surface area contributed by atoms with Gasteiger partial charge in [0.1, 0.15) is 24.6 Å². The second-order valence-electron chi connectivity index (χ2n) is 5.88. The van der Waals surface area contributed by atoms with E-state index in [4.69, 9.17) is 9.47 Å². The Hall–Kier alpha value is -2.00. The van der Waals surface area contributed by atoms with Crippen LogP contribution in [0.5, 0.6) is 11.5 Å². The summed E-state index contributed by atoms with van der Waals surface area (Å²) in [5, 5.41) is 0. The normalized spacial score (nSPS) is 11.2. The van der Waals surface area contributed by atoms with Gasteiger partial charge in [0.2, 0.25) is 0 Å². The molecule has 0 aliphatic carbocycles. The fourth-order valence-corrected chi connectivity index (χ4v) is 2.65. The number of hydrogen-bond donors (Lipinski definition) is 0. The van der Waals surface area contributed by atoms with Gasteiger partial charge in [-0.15, -0.1) is 0 Å². The number of ether oxygens (including phenoxy) is 2. The third-order valence-corrected chi connectivity index (χ3v) is 3.58. The van der Waals surface area contributed by atoms with E-state index in [9.17, 15) is 0 Å². The zero-order valence-corrected chi connectivity index (χ0v) is 13.3. The summed E-state index contributed by atoms with van der Waals surface area (Å²) >= 11 is 0. The van der Waals surface area contributed by atoms with Gasteiger partial charge < -0.3 is 14.0 Å². The molecule has 3 nitrogen and oxygen atoms in total. The third-order valence-electron chi connectivity index (χ3n) is 3.58. The summed E-state index contributed by atoms with van der Waals surface area (Å²) in [6.45, 7) is 1.81. The quantitative estimate of drug-likeness (QED) is 0.757. The number of rotatable bonds is 6. The van der Waals surface area contributed by atoms with E-state index in [1.807, 2.05) is 24.3 Å². The Morgan fingerprint density at radius 3 is 1.48 bits per heavy atom. The SMILES string of the molecule is COc1ccccc1C[N+](C)(C)Cc1ccccc1OC. The van der Waals surface area contributed by atoms with Crippen LogP contribution in [-0.4, -0.2) is 32.8 Å². The topological polar surface area (TPSA) is 18.5 Å². The Labute approximate surface area is 127 Å².